The van der Waals surface area contributed by atoms with Gasteiger partial charge in [-0.25, -0.2) is 9.37 Å². The fourth-order valence-corrected chi connectivity index (χ4v) is 1.41. The van der Waals surface area contributed by atoms with Gasteiger partial charge in [-0.3, -0.25) is 9.78 Å². The minimum absolute atomic E-state index is 0.0379. The normalized spacial score (nSPS) is 9.50. The van der Waals surface area contributed by atoms with Gasteiger partial charge in [0.25, 0.3) is 5.91 Å². The number of carbonyl (C=O) groups is 1. The van der Waals surface area contributed by atoms with Gasteiger partial charge in [0.05, 0.1) is 11.9 Å². The molecular formula is C14H10FN3O2. The number of hydrogen-bond acceptors (Lipinski definition) is 4. The van der Waals surface area contributed by atoms with Crippen molar-refractivity contribution in [2.24, 2.45) is 0 Å². The van der Waals surface area contributed by atoms with Crippen LogP contribution in [0.5, 0.6) is 0 Å². The van der Waals surface area contributed by atoms with E-state index in [0.29, 0.717) is 5.56 Å². The quantitative estimate of drug-likeness (QED) is 0.805. The van der Waals surface area contributed by atoms with E-state index < -0.39 is 11.7 Å². The summed E-state index contributed by atoms with van der Waals surface area (Å²) < 4.78 is 13.3. The molecule has 0 aromatic carbocycles. The summed E-state index contributed by atoms with van der Waals surface area (Å²) in [7, 11) is 0. The van der Waals surface area contributed by atoms with Crippen molar-refractivity contribution in [1.29, 1.82) is 0 Å². The van der Waals surface area contributed by atoms with Gasteiger partial charge in [-0.15, -0.1) is 0 Å². The van der Waals surface area contributed by atoms with Gasteiger partial charge in [-0.05, 0) is 18.2 Å². The van der Waals surface area contributed by atoms with Crippen molar-refractivity contribution < 1.29 is 14.3 Å². The summed E-state index contributed by atoms with van der Waals surface area (Å²) in [6.07, 6.45) is 3.79. The maximum atomic E-state index is 13.3. The van der Waals surface area contributed by atoms with Gasteiger partial charge in [-0.2, -0.15) is 0 Å². The number of rotatable bonds is 2. The number of amides is 1. The number of hydrogen-bond donors (Lipinski definition) is 2. The lowest BCUT2D eigenvalue weighted by Crippen LogP contribution is -2.14. The Balaban J connectivity index is 2.12. The average molecular weight is 271 g/mol. The number of pyridine rings is 2. The van der Waals surface area contributed by atoms with Crippen LogP contribution >= 0.6 is 0 Å². The van der Waals surface area contributed by atoms with Crippen LogP contribution in [0.2, 0.25) is 0 Å². The zero-order valence-electron chi connectivity index (χ0n) is 10.3. The molecule has 0 unspecified atom stereocenters. The third kappa shape index (κ3) is 3.37. The number of aliphatic hydroxyl groups excluding tert-OH is 1. The molecule has 0 bridgehead atoms. The van der Waals surface area contributed by atoms with Crippen LogP contribution in [0.15, 0.2) is 36.8 Å². The third-order valence-corrected chi connectivity index (χ3v) is 2.33. The minimum Gasteiger partial charge on any atom is -0.384 e. The van der Waals surface area contributed by atoms with Gasteiger partial charge in [0.1, 0.15) is 12.3 Å². The first-order valence-electron chi connectivity index (χ1n) is 5.67. The molecule has 0 aliphatic heterocycles. The van der Waals surface area contributed by atoms with Crippen molar-refractivity contribution in [3.8, 4) is 11.8 Å². The first kappa shape index (κ1) is 13.6. The van der Waals surface area contributed by atoms with Crippen molar-refractivity contribution in [3.63, 3.8) is 0 Å². The molecule has 20 heavy (non-hydrogen) atoms. The maximum Gasteiger partial charge on any atom is 0.274 e. The number of carbonyl (C=O) groups excluding carboxylic acids is 1. The molecule has 100 valence electrons. The monoisotopic (exact) mass is 271 g/mol. The van der Waals surface area contributed by atoms with E-state index >= 15 is 0 Å². The fraction of sp³-hybridized carbons (Fsp3) is 0.0714. The van der Waals surface area contributed by atoms with Crippen LogP contribution in [0.1, 0.15) is 16.1 Å². The van der Waals surface area contributed by atoms with Gasteiger partial charge >= 0.3 is 0 Å². The second-order valence-corrected chi connectivity index (χ2v) is 3.70. The molecule has 0 atom stereocenters. The van der Waals surface area contributed by atoms with E-state index in [-0.39, 0.29) is 18.0 Å². The molecule has 0 spiro atoms. The maximum absolute atomic E-state index is 13.3. The molecule has 0 aliphatic rings. The molecular weight excluding hydrogens is 261 g/mol. The van der Waals surface area contributed by atoms with Crippen LogP contribution in [-0.4, -0.2) is 27.6 Å². The van der Waals surface area contributed by atoms with E-state index in [1.807, 2.05) is 0 Å². The molecule has 0 fully saturated rings. The molecule has 0 saturated heterocycles. The smallest absolute Gasteiger partial charge is 0.274 e. The van der Waals surface area contributed by atoms with E-state index in [4.69, 9.17) is 5.11 Å². The lowest BCUT2D eigenvalue weighted by Gasteiger charge is -2.05. The summed E-state index contributed by atoms with van der Waals surface area (Å²) in [4.78, 5) is 19.4. The first-order valence-corrected chi connectivity index (χ1v) is 5.67. The highest BCUT2D eigenvalue weighted by Gasteiger charge is 2.10. The van der Waals surface area contributed by atoms with E-state index in [2.05, 4.69) is 27.1 Å². The molecule has 5 nitrogen and oxygen atoms in total. The van der Waals surface area contributed by atoms with E-state index in [9.17, 15) is 9.18 Å². The Hall–Kier alpha value is -2.78. The van der Waals surface area contributed by atoms with Crippen LogP contribution in [-0.2, 0) is 0 Å². The van der Waals surface area contributed by atoms with E-state index in [0.717, 1.165) is 6.20 Å². The van der Waals surface area contributed by atoms with Gasteiger partial charge in [0.2, 0.25) is 0 Å². The lowest BCUT2D eigenvalue weighted by molar-refractivity contribution is 0.102. The SMILES string of the molecule is O=C(Nc1ccncc1F)c1ccc(C#CCO)cn1. The third-order valence-electron chi connectivity index (χ3n) is 2.33. The highest BCUT2D eigenvalue weighted by atomic mass is 19.1. The highest BCUT2D eigenvalue weighted by molar-refractivity contribution is 6.02. The van der Waals surface area contributed by atoms with E-state index in [1.54, 1.807) is 6.07 Å². The van der Waals surface area contributed by atoms with Crippen LogP contribution in [0.4, 0.5) is 10.1 Å². The Kier molecular flexibility index (Phi) is 4.37. The Morgan fingerprint density at radius 2 is 2.20 bits per heavy atom. The predicted octanol–water partition coefficient (Wildman–Crippen LogP) is 1.21. The van der Waals surface area contributed by atoms with Crippen LogP contribution in [0.3, 0.4) is 0 Å². The molecule has 2 aromatic rings. The largest absolute Gasteiger partial charge is 0.384 e. The lowest BCUT2D eigenvalue weighted by atomic mass is 10.2. The molecule has 0 saturated carbocycles. The molecule has 0 aliphatic carbocycles. The average Bonchev–Trinajstić information content (AvgIpc) is 2.48. The number of anilines is 1. The predicted molar refractivity (Wildman–Crippen MR) is 70.3 cm³/mol. The number of aliphatic hydroxyl groups is 1. The molecule has 0 radical (unpaired) electrons. The van der Waals surface area contributed by atoms with Crippen molar-refractivity contribution in [2.45, 2.75) is 0 Å². The summed E-state index contributed by atoms with van der Waals surface area (Å²) in [5.41, 5.74) is 0.748. The van der Waals surface area contributed by atoms with Gasteiger partial charge in [-0.1, -0.05) is 11.8 Å². The summed E-state index contributed by atoms with van der Waals surface area (Å²) in [5, 5.41) is 11.0. The first-order chi connectivity index (χ1) is 9.70. The van der Waals surface area contributed by atoms with Gasteiger partial charge in [0, 0.05) is 18.0 Å². The molecule has 6 heteroatoms. The second kappa shape index (κ2) is 6.41. The van der Waals surface area contributed by atoms with Crippen LogP contribution in [0.25, 0.3) is 0 Å². The zero-order valence-corrected chi connectivity index (χ0v) is 10.3. The number of halogens is 1. The van der Waals surface area contributed by atoms with Gasteiger partial charge in [0.15, 0.2) is 5.82 Å². The molecule has 1 amide bonds. The minimum atomic E-state index is -0.619. The Labute approximate surface area is 114 Å². The van der Waals surface area contributed by atoms with Crippen LogP contribution < -0.4 is 5.32 Å². The molecule has 2 rings (SSSR count). The summed E-state index contributed by atoms with van der Waals surface area (Å²) in [6.45, 7) is -0.246. The highest BCUT2D eigenvalue weighted by Crippen LogP contribution is 2.12. The van der Waals surface area contributed by atoms with Crippen molar-refractivity contribution >= 4 is 11.6 Å². The van der Waals surface area contributed by atoms with Crippen molar-refractivity contribution in [2.75, 3.05) is 11.9 Å². The van der Waals surface area contributed by atoms with Crippen molar-refractivity contribution in [3.05, 3.63) is 53.9 Å². The summed E-state index contributed by atoms with van der Waals surface area (Å²) in [5.74, 6) is 3.98. The van der Waals surface area contributed by atoms with Gasteiger partial charge < -0.3 is 10.4 Å². The summed E-state index contributed by atoms with van der Waals surface area (Å²) >= 11 is 0. The van der Waals surface area contributed by atoms with E-state index in [1.165, 1.54) is 24.5 Å². The number of nitrogens with one attached hydrogen (secondary N) is 1. The Bertz CT molecular complexity index is 675. The van der Waals surface area contributed by atoms with Crippen LogP contribution in [0, 0.1) is 17.7 Å². The molecule has 2 N–H and O–H groups in total. The number of nitrogens with zero attached hydrogens (tertiary/aromatic N) is 2. The Morgan fingerprint density at radius 1 is 1.35 bits per heavy atom. The summed E-state index contributed by atoms with van der Waals surface area (Å²) in [6, 6.07) is 4.41. The molecule has 2 heterocycles. The topological polar surface area (TPSA) is 75.1 Å². The zero-order chi connectivity index (χ0) is 14.4. The fourth-order valence-electron chi connectivity index (χ4n) is 1.41. The Morgan fingerprint density at radius 3 is 2.85 bits per heavy atom. The number of aromatic nitrogens is 2. The second-order valence-electron chi connectivity index (χ2n) is 3.70. The molecule has 2 aromatic heterocycles. The standard InChI is InChI=1S/C14H10FN3O2/c15-11-9-16-6-5-12(11)18-14(20)13-4-3-10(8-17-13)2-1-7-19/h3-6,8-9,19H,7H2,(H,16,18,20). The van der Waals surface area contributed by atoms with Crippen molar-refractivity contribution in [1.82, 2.24) is 9.97 Å².